The predicted octanol–water partition coefficient (Wildman–Crippen LogP) is 3.10. The Hall–Kier alpha value is -0.430. The molecule has 4 nitrogen and oxygen atoms in total. The van der Waals surface area contributed by atoms with Crippen molar-refractivity contribution in [3.05, 3.63) is 28.7 Å². The van der Waals surface area contributed by atoms with Crippen LogP contribution in [-0.4, -0.2) is 39.5 Å². The third kappa shape index (κ3) is 5.33. The third-order valence-corrected chi connectivity index (χ3v) is 6.02. The van der Waals surface area contributed by atoms with Crippen LogP contribution in [0.25, 0.3) is 0 Å². The summed E-state index contributed by atoms with van der Waals surface area (Å²) in [5.74, 6) is 1.48. The molecule has 0 aliphatic carbocycles. The molecule has 0 radical (unpaired) electrons. The Morgan fingerprint density at radius 3 is 2.36 bits per heavy atom. The van der Waals surface area contributed by atoms with Crippen LogP contribution in [0, 0.1) is 11.8 Å². The molecule has 1 fully saturated rings. The first-order valence-corrected chi connectivity index (χ1v) is 10.1. The van der Waals surface area contributed by atoms with Crippen LogP contribution in [-0.2, 0) is 10.0 Å². The zero-order valence-corrected chi connectivity index (χ0v) is 15.7. The minimum absolute atomic E-state index is 0.316. The van der Waals surface area contributed by atoms with Crippen LogP contribution in [0.1, 0.15) is 26.7 Å². The zero-order valence-electron chi connectivity index (χ0n) is 13.3. The Labute approximate surface area is 142 Å². The monoisotopic (exact) mass is 388 g/mol. The minimum atomic E-state index is -3.39. The fraction of sp³-hybridized carbons (Fsp3) is 0.625. The molecule has 6 heteroatoms. The van der Waals surface area contributed by atoms with Gasteiger partial charge in [-0.15, -0.1) is 0 Å². The number of likely N-dealkylation sites (tertiary alicyclic amines) is 1. The SMILES string of the molecule is C[C@@H]1C[C@@H](C)CN(CCCNS(=O)(=O)c2ccc(Br)cc2)C1. The van der Waals surface area contributed by atoms with Gasteiger partial charge in [0.1, 0.15) is 0 Å². The first-order chi connectivity index (χ1) is 10.4. The molecule has 0 spiro atoms. The maximum Gasteiger partial charge on any atom is 0.240 e. The average Bonchev–Trinajstić information content (AvgIpc) is 2.43. The molecule has 0 unspecified atom stereocenters. The summed E-state index contributed by atoms with van der Waals surface area (Å²) in [6.45, 7) is 8.28. The zero-order chi connectivity index (χ0) is 16.2. The van der Waals surface area contributed by atoms with Gasteiger partial charge >= 0.3 is 0 Å². The summed E-state index contributed by atoms with van der Waals surface area (Å²) in [5, 5.41) is 0. The Kier molecular flexibility index (Phi) is 6.44. The standard InChI is InChI=1S/C16H25BrN2O2S/c1-13-10-14(2)12-19(11-13)9-3-8-18-22(20,21)16-6-4-15(17)5-7-16/h4-7,13-14,18H,3,8-12H2,1-2H3/t13-,14-/m1/s1. The van der Waals surface area contributed by atoms with E-state index in [2.05, 4.69) is 39.4 Å². The Morgan fingerprint density at radius 1 is 1.18 bits per heavy atom. The number of piperidine rings is 1. The van der Waals surface area contributed by atoms with E-state index >= 15 is 0 Å². The highest BCUT2D eigenvalue weighted by Gasteiger charge is 2.21. The van der Waals surface area contributed by atoms with Crippen molar-refractivity contribution in [3.63, 3.8) is 0 Å². The van der Waals surface area contributed by atoms with Gasteiger partial charge in [0.25, 0.3) is 0 Å². The van der Waals surface area contributed by atoms with Crippen molar-refractivity contribution < 1.29 is 8.42 Å². The Morgan fingerprint density at radius 2 is 1.77 bits per heavy atom. The molecular weight excluding hydrogens is 364 g/mol. The molecule has 2 atom stereocenters. The van der Waals surface area contributed by atoms with Gasteiger partial charge < -0.3 is 4.90 Å². The van der Waals surface area contributed by atoms with Crippen molar-refractivity contribution in [2.75, 3.05) is 26.2 Å². The fourth-order valence-electron chi connectivity index (χ4n) is 3.18. The quantitative estimate of drug-likeness (QED) is 0.761. The van der Waals surface area contributed by atoms with Crippen LogP contribution in [0.15, 0.2) is 33.6 Å². The first kappa shape index (κ1) is 17.9. The van der Waals surface area contributed by atoms with E-state index in [0.29, 0.717) is 11.4 Å². The van der Waals surface area contributed by atoms with E-state index in [9.17, 15) is 8.42 Å². The summed E-state index contributed by atoms with van der Waals surface area (Å²) in [7, 11) is -3.39. The molecule has 1 N–H and O–H groups in total. The number of rotatable bonds is 6. The first-order valence-electron chi connectivity index (χ1n) is 7.84. The van der Waals surface area contributed by atoms with Gasteiger partial charge in [0.15, 0.2) is 0 Å². The van der Waals surface area contributed by atoms with E-state index in [-0.39, 0.29) is 0 Å². The van der Waals surface area contributed by atoms with E-state index in [4.69, 9.17) is 0 Å². The van der Waals surface area contributed by atoms with E-state index in [0.717, 1.165) is 42.4 Å². The highest BCUT2D eigenvalue weighted by atomic mass is 79.9. The second-order valence-corrected chi connectivity index (χ2v) is 9.09. The van der Waals surface area contributed by atoms with Crippen molar-refractivity contribution in [2.45, 2.75) is 31.6 Å². The Bertz CT molecular complexity index is 564. The van der Waals surface area contributed by atoms with Crippen LogP contribution in [0.5, 0.6) is 0 Å². The van der Waals surface area contributed by atoms with Crippen LogP contribution >= 0.6 is 15.9 Å². The molecule has 124 valence electrons. The summed E-state index contributed by atoms with van der Waals surface area (Å²) < 4.78 is 27.9. The molecule has 0 amide bonds. The molecule has 1 aliphatic heterocycles. The van der Waals surface area contributed by atoms with Gasteiger partial charge in [-0.1, -0.05) is 29.8 Å². The van der Waals surface area contributed by atoms with Crippen molar-refractivity contribution in [1.82, 2.24) is 9.62 Å². The van der Waals surface area contributed by atoms with E-state index in [1.165, 1.54) is 6.42 Å². The number of halogens is 1. The Balaban J connectivity index is 1.77. The normalized spacial score (nSPS) is 23.6. The summed E-state index contributed by atoms with van der Waals surface area (Å²) in [6.07, 6.45) is 2.14. The molecule has 22 heavy (non-hydrogen) atoms. The molecule has 1 saturated heterocycles. The molecule has 1 aliphatic rings. The molecule has 0 bridgehead atoms. The van der Waals surface area contributed by atoms with Crippen LogP contribution in [0.3, 0.4) is 0 Å². The second kappa shape index (κ2) is 7.90. The van der Waals surface area contributed by atoms with Gasteiger partial charge in [0.2, 0.25) is 10.0 Å². The average molecular weight is 389 g/mol. The number of hydrogen-bond donors (Lipinski definition) is 1. The molecule has 1 aromatic rings. The highest BCUT2D eigenvalue weighted by molar-refractivity contribution is 9.10. The van der Waals surface area contributed by atoms with Crippen LogP contribution < -0.4 is 4.72 Å². The van der Waals surface area contributed by atoms with Crippen molar-refractivity contribution >= 4 is 26.0 Å². The van der Waals surface area contributed by atoms with Gasteiger partial charge in [-0.3, -0.25) is 0 Å². The number of hydrogen-bond acceptors (Lipinski definition) is 3. The molecule has 0 saturated carbocycles. The van der Waals surface area contributed by atoms with Crippen molar-refractivity contribution in [1.29, 1.82) is 0 Å². The van der Waals surface area contributed by atoms with Gasteiger partial charge in [-0.25, -0.2) is 13.1 Å². The van der Waals surface area contributed by atoms with Gasteiger partial charge in [-0.2, -0.15) is 0 Å². The molecule has 2 rings (SSSR count). The largest absolute Gasteiger partial charge is 0.303 e. The number of nitrogens with one attached hydrogen (secondary N) is 1. The third-order valence-electron chi connectivity index (χ3n) is 4.01. The van der Waals surface area contributed by atoms with Crippen LogP contribution in [0.2, 0.25) is 0 Å². The molecule has 1 heterocycles. The lowest BCUT2D eigenvalue weighted by Crippen LogP contribution is -2.40. The lowest BCUT2D eigenvalue weighted by Gasteiger charge is -2.34. The summed E-state index contributed by atoms with van der Waals surface area (Å²) in [6, 6.07) is 6.71. The van der Waals surface area contributed by atoms with Gasteiger partial charge in [0.05, 0.1) is 4.90 Å². The van der Waals surface area contributed by atoms with Crippen molar-refractivity contribution in [2.24, 2.45) is 11.8 Å². The summed E-state index contributed by atoms with van der Waals surface area (Å²) in [5.41, 5.74) is 0. The fourth-order valence-corrected chi connectivity index (χ4v) is 4.52. The lowest BCUT2D eigenvalue weighted by molar-refractivity contribution is 0.140. The van der Waals surface area contributed by atoms with Crippen molar-refractivity contribution in [3.8, 4) is 0 Å². The number of nitrogens with zero attached hydrogens (tertiary/aromatic N) is 1. The molecule has 0 aromatic heterocycles. The molecular formula is C16H25BrN2O2S. The lowest BCUT2D eigenvalue weighted by atomic mass is 9.92. The highest BCUT2D eigenvalue weighted by Crippen LogP contribution is 2.20. The van der Waals surface area contributed by atoms with Crippen LogP contribution in [0.4, 0.5) is 0 Å². The number of sulfonamides is 1. The maximum atomic E-state index is 12.2. The van der Waals surface area contributed by atoms with E-state index < -0.39 is 10.0 Å². The van der Waals surface area contributed by atoms with E-state index in [1.54, 1.807) is 24.3 Å². The maximum absolute atomic E-state index is 12.2. The summed E-state index contributed by atoms with van der Waals surface area (Å²) >= 11 is 3.31. The smallest absolute Gasteiger partial charge is 0.240 e. The topological polar surface area (TPSA) is 49.4 Å². The van der Waals surface area contributed by atoms with E-state index in [1.807, 2.05) is 0 Å². The van der Waals surface area contributed by atoms with Gasteiger partial charge in [-0.05, 0) is 55.5 Å². The second-order valence-electron chi connectivity index (χ2n) is 6.41. The number of benzene rings is 1. The minimum Gasteiger partial charge on any atom is -0.303 e. The summed E-state index contributed by atoms with van der Waals surface area (Å²) in [4.78, 5) is 2.77. The molecule has 1 aromatic carbocycles. The van der Waals surface area contributed by atoms with Gasteiger partial charge in [0, 0.05) is 24.1 Å². The predicted molar refractivity (Wildman–Crippen MR) is 93.3 cm³/mol.